The minimum Gasteiger partial charge on any atom is -0.376 e. The Hall–Kier alpha value is -0.0400. The van der Waals surface area contributed by atoms with E-state index in [4.69, 9.17) is 4.74 Å². The lowest BCUT2D eigenvalue weighted by molar-refractivity contribution is 0.183. The standard InChI is InChI=1S/C33H67O/c1-3-5-7-9-11-13-15-17-18-19-21-23-25-27-29-31-33-34-32-30-28-26-24-22-20-16-14-12-10-8-6-4-2/h33H,3-32H2,1-2H3. The zero-order valence-corrected chi connectivity index (χ0v) is 24.2. The van der Waals surface area contributed by atoms with E-state index in [1.807, 2.05) is 0 Å². The van der Waals surface area contributed by atoms with E-state index in [2.05, 4.69) is 20.5 Å². The molecule has 0 fully saturated rings. The van der Waals surface area contributed by atoms with Crippen molar-refractivity contribution in [2.24, 2.45) is 0 Å². The third kappa shape index (κ3) is 32.0. The van der Waals surface area contributed by atoms with Crippen molar-refractivity contribution in [2.45, 2.75) is 200 Å². The molecule has 1 radical (unpaired) electrons. The zero-order valence-electron chi connectivity index (χ0n) is 24.2. The lowest BCUT2D eigenvalue weighted by Crippen LogP contribution is -1.92. The molecular weight excluding hydrogens is 412 g/mol. The fourth-order valence-electron chi connectivity index (χ4n) is 4.97. The summed E-state index contributed by atoms with van der Waals surface area (Å²) in [6.45, 7) is 7.63. The smallest absolute Gasteiger partial charge is 0.0836 e. The van der Waals surface area contributed by atoms with Crippen molar-refractivity contribution in [3.8, 4) is 0 Å². The Kier molecular flexibility index (Phi) is 32.9. The van der Waals surface area contributed by atoms with Crippen molar-refractivity contribution >= 4 is 0 Å². The summed E-state index contributed by atoms with van der Waals surface area (Å²) in [6.07, 6.45) is 41.1. The van der Waals surface area contributed by atoms with Gasteiger partial charge in [-0.25, -0.2) is 0 Å². The quantitative estimate of drug-likeness (QED) is 0.0898. The second kappa shape index (κ2) is 33.0. The van der Waals surface area contributed by atoms with Crippen LogP contribution < -0.4 is 0 Å². The van der Waals surface area contributed by atoms with E-state index in [0.717, 1.165) is 13.0 Å². The largest absolute Gasteiger partial charge is 0.376 e. The Morgan fingerprint density at radius 3 is 0.912 bits per heavy atom. The molecule has 0 aromatic heterocycles. The van der Waals surface area contributed by atoms with Gasteiger partial charge in [0.25, 0.3) is 0 Å². The van der Waals surface area contributed by atoms with Crippen LogP contribution >= 0.6 is 0 Å². The molecule has 0 aliphatic heterocycles. The highest BCUT2D eigenvalue weighted by molar-refractivity contribution is 4.55. The van der Waals surface area contributed by atoms with Crippen molar-refractivity contribution in [3.63, 3.8) is 0 Å². The normalized spacial score (nSPS) is 11.5. The number of hydrogen-bond donors (Lipinski definition) is 0. The maximum absolute atomic E-state index is 5.73. The Morgan fingerprint density at radius 1 is 0.324 bits per heavy atom. The average molecular weight is 480 g/mol. The highest BCUT2D eigenvalue weighted by Gasteiger charge is 1.97. The third-order valence-electron chi connectivity index (χ3n) is 7.41. The predicted octanol–water partition coefficient (Wildman–Crippen LogP) is 12.5. The van der Waals surface area contributed by atoms with Gasteiger partial charge < -0.3 is 4.74 Å². The van der Waals surface area contributed by atoms with E-state index in [0.29, 0.717) is 0 Å². The van der Waals surface area contributed by atoms with E-state index >= 15 is 0 Å². The van der Waals surface area contributed by atoms with Gasteiger partial charge in [-0.2, -0.15) is 0 Å². The molecule has 0 aliphatic rings. The van der Waals surface area contributed by atoms with Gasteiger partial charge in [-0.05, 0) is 12.8 Å². The van der Waals surface area contributed by atoms with Gasteiger partial charge in [-0.1, -0.05) is 187 Å². The van der Waals surface area contributed by atoms with E-state index < -0.39 is 0 Å². The van der Waals surface area contributed by atoms with Crippen molar-refractivity contribution in [3.05, 3.63) is 6.61 Å². The maximum Gasteiger partial charge on any atom is 0.0836 e. The average Bonchev–Trinajstić information content (AvgIpc) is 2.85. The van der Waals surface area contributed by atoms with E-state index in [1.165, 1.54) is 180 Å². The van der Waals surface area contributed by atoms with Gasteiger partial charge in [0.2, 0.25) is 0 Å². The molecule has 0 aliphatic carbocycles. The van der Waals surface area contributed by atoms with Gasteiger partial charge in [0.05, 0.1) is 6.61 Å². The van der Waals surface area contributed by atoms with Crippen LogP contribution in [0.3, 0.4) is 0 Å². The summed E-state index contributed by atoms with van der Waals surface area (Å²) >= 11 is 0. The third-order valence-corrected chi connectivity index (χ3v) is 7.41. The fraction of sp³-hybridized carbons (Fsp3) is 0.970. The van der Waals surface area contributed by atoms with Gasteiger partial charge in [-0.3, -0.25) is 0 Å². The van der Waals surface area contributed by atoms with Crippen LogP contribution in [0.5, 0.6) is 0 Å². The van der Waals surface area contributed by atoms with Crippen molar-refractivity contribution < 1.29 is 4.74 Å². The van der Waals surface area contributed by atoms with Crippen LogP contribution in [-0.4, -0.2) is 6.61 Å². The van der Waals surface area contributed by atoms with Gasteiger partial charge in [0, 0.05) is 6.61 Å². The van der Waals surface area contributed by atoms with E-state index in [1.54, 1.807) is 0 Å². The molecule has 0 bridgehead atoms. The van der Waals surface area contributed by atoms with Crippen LogP contribution in [0.1, 0.15) is 200 Å². The van der Waals surface area contributed by atoms with Gasteiger partial charge >= 0.3 is 0 Å². The SMILES string of the molecule is CCCCCCCCCCCCCCCCC[CH]OCCCCCCCCCCCCCCC. The molecule has 0 atom stereocenters. The molecular formula is C33H67O. The highest BCUT2D eigenvalue weighted by atomic mass is 16.5. The highest BCUT2D eigenvalue weighted by Crippen LogP contribution is 2.15. The summed E-state index contributed by atoms with van der Waals surface area (Å²) in [4.78, 5) is 0. The molecule has 1 heteroatoms. The minimum atomic E-state index is 0.941. The Labute approximate surface area is 218 Å². The lowest BCUT2D eigenvalue weighted by atomic mass is 10.0. The molecule has 0 N–H and O–H groups in total. The first kappa shape index (κ1) is 34.0. The second-order valence-electron chi connectivity index (χ2n) is 11.0. The van der Waals surface area contributed by atoms with Crippen molar-refractivity contribution in [1.29, 1.82) is 0 Å². The summed E-state index contributed by atoms with van der Waals surface area (Å²) in [5.41, 5.74) is 0. The van der Waals surface area contributed by atoms with Crippen LogP contribution in [0.4, 0.5) is 0 Å². The van der Waals surface area contributed by atoms with Gasteiger partial charge in [0.15, 0.2) is 0 Å². The first-order chi connectivity index (χ1) is 16.9. The summed E-state index contributed by atoms with van der Waals surface area (Å²) in [7, 11) is 0. The lowest BCUT2D eigenvalue weighted by Gasteiger charge is -2.05. The number of unbranched alkanes of at least 4 members (excludes halogenated alkanes) is 27. The number of hydrogen-bond acceptors (Lipinski definition) is 1. The van der Waals surface area contributed by atoms with E-state index in [9.17, 15) is 0 Å². The summed E-state index contributed by atoms with van der Waals surface area (Å²) in [6, 6.07) is 0. The molecule has 0 amide bonds. The predicted molar refractivity (Wildman–Crippen MR) is 155 cm³/mol. The monoisotopic (exact) mass is 480 g/mol. The van der Waals surface area contributed by atoms with Crippen LogP contribution in [0.15, 0.2) is 0 Å². The van der Waals surface area contributed by atoms with Crippen LogP contribution in [0, 0.1) is 6.61 Å². The van der Waals surface area contributed by atoms with Crippen LogP contribution in [0.2, 0.25) is 0 Å². The molecule has 205 valence electrons. The molecule has 0 spiro atoms. The van der Waals surface area contributed by atoms with Gasteiger partial charge in [0.1, 0.15) is 0 Å². The summed E-state index contributed by atoms with van der Waals surface area (Å²) < 4.78 is 5.73. The number of ether oxygens (including phenoxy) is 1. The Balaban J connectivity index is 2.99. The zero-order chi connectivity index (χ0) is 24.6. The topological polar surface area (TPSA) is 9.23 Å². The molecule has 0 heterocycles. The summed E-state index contributed by atoms with van der Waals surface area (Å²) in [5, 5.41) is 0. The Morgan fingerprint density at radius 2 is 0.588 bits per heavy atom. The molecule has 1 nitrogen and oxygen atoms in total. The molecule has 0 aromatic carbocycles. The van der Waals surface area contributed by atoms with Crippen molar-refractivity contribution in [1.82, 2.24) is 0 Å². The molecule has 0 aromatic rings. The Bertz CT molecular complexity index is 295. The molecule has 0 unspecified atom stereocenters. The molecule has 0 saturated heterocycles. The molecule has 0 saturated carbocycles. The first-order valence-electron chi connectivity index (χ1n) is 16.3. The van der Waals surface area contributed by atoms with Crippen LogP contribution in [0.25, 0.3) is 0 Å². The summed E-state index contributed by atoms with van der Waals surface area (Å²) in [5.74, 6) is 0. The first-order valence-corrected chi connectivity index (χ1v) is 16.3. The molecule has 34 heavy (non-hydrogen) atoms. The van der Waals surface area contributed by atoms with Crippen molar-refractivity contribution in [2.75, 3.05) is 6.61 Å². The molecule has 0 rings (SSSR count). The number of rotatable bonds is 31. The second-order valence-corrected chi connectivity index (χ2v) is 11.0. The minimum absolute atomic E-state index is 0.941. The van der Waals surface area contributed by atoms with E-state index in [-0.39, 0.29) is 0 Å². The maximum atomic E-state index is 5.73. The van der Waals surface area contributed by atoms with Gasteiger partial charge in [-0.15, -0.1) is 0 Å². The fourth-order valence-corrected chi connectivity index (χ4v) is 4.97. The van der Waals surface area contributed by atoms with Crippen LogP contribution in [-0.2, 0) is 4.74 Å².